The second-order valence-electron chi connectivity index (χ2n) is 5.76. The smallest absolute Gasteiger partial charge is 0.285 e. The topological polar surface area (TPSA) is 90.1 Å². The van der Waals surface area contributed by atoms with Crippen molar-refractivity contribution < 1.29 is 9.72 Å². The number of aryl methyl sites for hydroxylation is 2. The lowest BCUT2D eigenvalue weighted by Crippen LogP contribution is -2.17. The number of nitrogens with zero attached hydrogens (tertiary/aromatic N) is 3. The summed E-state index contributed by atoms with van der Waals surface area (Å²) in [6, 6.07) is 12.3. The number of carbonyl (C=O) groups excluding carboxylic acids is 1. The van der Waals surface area contributed by atoms with Crippen LogP contribution in [0, 0.1) is 17.0 Å². The molecule has 0 radical (unpaired) electrons. The van der Waals surface area contributed by atoms with Crippen LogP contribution in [0.5, 0.6) is 0 Å². The molecular formula is C18H18N4O3. The van der Waals surface area contributed by atoms with Gasteiger partial charge in [-0.2, -0.15) is 0 Å². The number of hydrogen-bond acceptors (Lipinski definition) is 4. The second-order valence-corrected chi connectivity index (χ2v) is 5.76. The average Bonchev–Trinajstić information content (AvgIpc) is 2.92. The van der Waals surface area contributed by atoms with Gasteiger partial charge in [0, 0.05) is 12.1 Å². The van der Waals surface area contributed by atoms with E-state index in [-0.39, 0.29) is 11.3 Å². The van der Waals surface area contributed by atoms with Gasteiger partial charge in [0.2, 0.25) is 5.95 Å². The molecule has 1 amide bonds. The van der Waals surface area contributed by atoms with Gasteiger partial charge in [-0.3, -0.25) is 20.2 Å². The van der Waals surface area contributed by atoms with Gasteiger partial charge < -0.3 is 4.57 Å². The third kappa shape index (κ3) is 3.08. The molecule has 0 saturated carbocycles. The first-order chi connectivity index (χ1) is 12.0. The van der Waals surface area contributed by atoms with Gasteiger partial charge in [0.1, 0.15) is 5.56 Å². The number of imidazole rings is 1. The SMILES string of the molecule is CCCn1c(NC(=O)c2cccc(C)c2[N+](=O)[O-])nc2ccccc21. The molecule has 2 aromatic carbocycles. The lowest BCUT2D eigenvalue weighted by molar-refractivity contribution is -0.385. The molecule has 0 spiro atoms. The van der Waals surface area contributed by atoms with Gasteiger partial charge in [0.15, 0.2) is 0 Å². The molecule has 1 aromatic heterocycles. The zero-order valence-corrected chi connectivity index (χ0v) is 14.0. The van der Waals surface area contributed by atoms with Crippen LogP contribution in [0.1, 0.15) is 29.3 Å². The van der Waals surface area contributed by atoms with Crippen molar-refractivity contribution in [3.05, 3.63) is 63.7 Å². The number of nitrogens with one attached hydrogen (secondary N) is 1. The molecule has 0 unspecified atom stereocenters. The van der Waals surface area contributed by atoms with Crippen LogP contribution < -0.4 is 5.32 Å². The molecule has 7 heteroatoms. The molecule has 0 atom stereocenters. The summed E-state index contributed by atoms with van der Waals surface area (Å²) in [7, 11) is 0. The van der Waals surface area contributed by atoms with E-state index in [0.717, 1.165) is 17.5 Å². The molecular weight excluding hydrogens is 320 g/mol. The first kappa shape index (κ1) is 16.6. The van der Waals surface area contributed by atoms with E-state index in [1.54, 1.807) is 19.1 Å². The van der Waals surface area contributed by atoms with E-state index >= 15 is 0 Å². The van der Waals surface area contributed by atoms with Gasteiger partial charge in [-0.15, -0.1) is 0 Å². The third-order valence-electron chi connectivity index (χ3n) is 3.99. The Balaban J connectivity index is 2.02. The Morgan fingerprint density at radius 1 is 1.24 bits per heavy atom. The summed E-state index contributed by atoms with van der Waals surface area (Å²) in [5.41, 5.74) is 1.97. The van der Waals surface area contributed by atoms with Crippen molar-refractivity contribution in [2.24, 2.45) is 0 Å². The largest absolute Gasteiger partial charge is 0.310 e. The first-order valence-corrected chi connectivity index (χ1v) is 8.03. The predicted molar refractivity (Wildman–Crippen MR) is 95.8 cm³/mol. The fourth-order valence-corrected chi connectivity index (χ4v) is 2.87. The van der Waals surface area contributed by atoms with E-state index in [9.17, 15) is 14.9 Å². The van der Waals surface area contributed by atoms with Gasteiger partial charge in [0.25, 0.3) is 11.6 Å². The van der Waals surface area contributed by atoms with Crippen LogP contribution in [0.25, 0.3) is 11.0 Å². The molecule has 0 fully saturated rings. The third-order valence-corrected chi connectivity index (χ3v) is 3.99. The number of carbonyl (C=O) groups is 1. The highest BCUT2D eigenvalue weighted by Crippen LogP contribution is 2.25. The van der Waals surface area contributed by atoms with Crippen molar-refractivity contribution in [3.63, 3.8) is 0 Å². The number of para-hydroxylation sites is 3. The summed E-state index contributed by atoms with van der Waals surface area (Å²) in [4.78, 5) is 27.9. The first-order valence-electron chi connectivity index (χ1n) is 8.03. The van der Waals surface area contributed by atoms with Gasteiger partial charge in [-0.05, 0) is 31.5 Å². The van der Waals surface area contributed by atoms with E-state index in [2.05, 4.69) is 10.3 Å². The summed E-state index contributed by atoms with van der Waals surface area (Å²) >= 11 is 0. The van der Waals surface area contributed by atoms with Gasteiger partial charge >= 0.3 is 0 Å². The van der Waals surface area contributed by atoms with E-state index in [1.165, 1.54) is 6.07 Å². The molecule has 0 bridgehead atoms. The number of nitro benzene ring substituents is 1. The molecule has 0 aliphatic heterocycles. The van der Waals surface area contributed by atoms with Crippen LogP contribution in [0.4, 0.5) is 11.6 Å². The van der Waals surface area contributed by atoms with Crippen molar-refractivity contribution in [2.45, 2.75) is 26.8 Å². The van der Waals surface area contributed by atoms with Gasteiger partial charge in [-0.25, -0.2) is 4.98 Å². The summed E-state index contributed by atoms with van der Waals surface area (Å²) < 4.78 is 1.91. The molecule has 0 aliphatic rings. The van der Waals surface area contributed by atoms with Crippen LogP contribution in [0.2, 0.25) is 0 Å². The number of hydrogen-bond donors (Lipinski definition) is 1. The molecule has 7 nitrogen and oxygen atoms in total. The average molecular weight is 338 g/mol. The minimum absolute atomic E-state index is 0.0279. The van der Waals surface area contributed by atoms with Crippen LogP contribution in [0.15, 0.2) is 42.5 Å². The molecule has 0 aliphatic carbocycles. The van der Waals surface area contributed by atoms with E-state index in [0.29, 0.717) is 18.1 Å². The molecule has 3 aromatic rings. The van der Waals surface area contributed by atoms with Crippen molar-refractivity contribution in [1.29, 1.82) is 0 Å². The molecule has 128 valence electrons. The van der Waals surface area contributed by atoms with E-state index in [1.807, 2.05) is 35.8 Å². The summed E-state index contributed by atoms with van der Waals surface area (Å²) in [6.45, 7) is 4.33. The maximum atomic E-state index is 12.7. The Kier molecular flexibility index (Phi) is 4.47. The normalized spacial score (nSPS) is 10.8. The van der Waals surface area contributed by atoms with Crippen molar-refractivity contribution in [1.82, 2.24) is 9.55 Å². The standard InChI is InChI=1S/C18H18N4O3/c1-3-11-21-15-10-5-4-9-14(15)19-18(21)20-17(23)13-8-6-7-12(2)16(13)22(24)25/h4-10H,3,11H2,1-2H3,(H,19,20,23). The number of anilines is 1. The number of benzene rings is 2. The highest BCUT2D eigenvalue weighted by molar-refractivity contribution is 6.07. The van der Waals surface area contributed by atoms with Crippen LogP contribution >= 0.6 is 0 Å². The monoisotopic (exact) mass is 338 g/mol. The zero-order chi connectivity index (χ0) is 18.0. The fraction of sp³-hybridized carbons (Fsp3) is 0.222. The van der Waals surface area contributed by atoms with Crippen molar-refractivity contribution in [2.75, 3.05) is 5.32 Å². The summed E-state index contributed by atoms with van der Waals surface area (Å²) in [5, 5.41) is 14.0. The Hall–Kier alpha value is -3.22. The van der Waals surface area contributed by atoms with Crippen LogP contribution in [-0.4, -0.2) is 20.4 Å². The number of fused-ring (bicyclic) bond motifs is 1. The Morgan fingerprint density at radius 2 is 2.00 bits per heavy atom. The maximum absolute atomic E-state index is 12.7. The van der Waals surface area contributed by atoms with Crippen molar-refractivity contribution in [3.8, 4) is 0 Å². The maximum Gasteiger partial charge on any atom is 0.285 e. The minimum Gasteiger partial charge on any atom is -0.310 e. The molecule has 1 N–H and O–H groups in total. The molecule has 1 heterocycles. The Labute approximate surface area is 144 Å². The zero-order valence-electron chi connectivity index (χ0n) is 14.0. The number of rotatable bonds is 5. The second kappa shape index (κ2) is 6.72. The van der Waals surface area contributed by atoms with Gasteiger partial charge in [-0.1, -0.05) is 31.2 Å². The molecule has 0 saturated heterocycles. The highest BCUT2D eigenvalue weighted by Gasteiger charge is 2.23. The Morgan fingerprint density at radius 3 is 2.72 bits per heavy atom. The number of aromatic nitrogens is 2. The Bertz CT molecular complexity index is 962. The number of nitro groups is 1. The number of amides is 1. The summed E-state index contributed by atoms with van der Waals surface area (Å²) in [5.74, 6) is -0.146. The van der Waals surface area contributed by atoms with E-state index in [4.69, 9.17) is 0 Å². The lowest BCUT2D eigenvalue weighted by atomic mass is 10.1. The quantitative estimate of drug-likeness (QED) is 0.564. The van der Waals surface area contributed by atoms with E-state index < -0.39 is 10.8 Å². The van der Waals surface area contributed by atoms with Gasteiger partial charge in [0.05, 0.1) is 16.0 Å². The van der Waals surface area contributed by atoms with Crippen molar-refractivity contribution >= 4 is 28.6 Å². The molecule has 3 rings (SSSR count). The highest BCUT2D eigenvalue weighted by atomic mass is 16.6. The molecule has 25 heavy (non-hydrogen) atoms. The predicted octanol–water partition coefficient (Wildman–Crippen LogP) is 3.92. The lowest BCUT2D eigenvalue weighted by Gasteiger charge is -2.09. The minimum atomic E-state index is -0.539. The van der Waals surface area contributed by atoms with Crippen LogP contribution in [-0.2, 0) is 6.54 Å². The summed E-state index contributed by atoms with van der Waals surface area (Å²) in [6.07, 6.45) is 0.869. The fourth-order valence-electron chi connectivity index (χ4n) is 2.87. The van der Waals surface area contributed by atoms with Crippen LogP contribution in [0.3, 0.4) is 0 Å².